The van der Waals surface area contributed by atoms with Crippen molar-refractivity contribution in [2.24, 2.45) is 0 Å². The number of nitriles is 3. The van der Waals surface area contributed by atoms with Gasteiger partial charge in [-0.2, -0.15) is 15.8 Å². The molecule has 472 valence electrons. The van der Waals surface area contributed by atoms with Crippen molar-refractivity contribution in [1.82, 2.24) is 29.9 Å². The minimum absolute atomic E-state index is 0.126. The zero-order valence-electron chi connectivity index (χ0n) is 52.8. The quantitative estimate of drug-likeness (QED) is 0.0623. The summed E-state index contributed by atoms with van der Waals surface area (Å²) in [7, 11) is 0. The van der Waals surface area contributed by atoms with Crippen molar-refractivity contribution in [3.8, 4) is 108 Å². The van der Waals surface area contributed by atoms with Gasteiger partial charge in [0.1, 0.15) is 0 Å². The lowest BCUT2D eigenvalue weighted by atomic mass is 9.96. The van der Waals surface area contributed by atoms with Crippen LogP contribution in [0.15, 0.2) is 237 Å². The molecule has 0 spiro atoms. The van der Waals surface area contributed by atoms with Gasteiger partial charge in [0.15, 0.2) is 40.3 Å². The number of fused-ring (bicyclic) bond motifs is 10. The predicted molar refractivity (Wildman–Crippen MR) is 387 cm³/mol. The minimum atomic E-state index is -1.76. The fraction of sp³-hybridized carbons (Fsp3) is 0. The van der Waals surface area contributed by atoms with Crippen LogP contribution >= 0.6 is 0 Å². The molecule has 0 saturated carbocycles. The molecule has 0 aliphatic rings. The molecule has 0 saturated heterocycles. The van der Waals surface area contributed by atoms with E-state index in [1.807, 2.05) is 146 Å². The second-order valence-electron chi connectivity index (χ2n) is 23.4. The molecule has 0 bridgehead atoms. The van der Waals surface area contributed by atoms with Crippen LogP contribution in [0.3, 0.4) is 0 Å². The molecule has 0 unspecified atom stereocenters. The van der Waals surface area contributed by atoms with E-state index in [9.17, 15) is 33.3 Å². The third kappa shape index (κ3) is 11.2. The summed E-state index contributed by atoms with van der Waals surface area (Å²) in [6, 6.07) is 77.4. The molecule has 4 aromatic heterocycles. The first-order valence-electron chi connectivity index (χ1n) is 31.3. The Labute approximate surface area is 578 Å². The zero-order chi connectivity index (χ0) is 70.3. The van der Waals surface area contributed by atoms with Crippen molar-refractivity contribution in [2.75, 3.05) is 0 Å². The number of rotatable bonds is 8. The maximum atomic E-state index is 14.9. The van der Waals surface area contributed by atoms with E-state index in [-0.39, 0.29) is 5.56 Å². The minimum Gasteiger partial charge on any atom is -0.247 e. The van der Waals surface area contributed by atoms with E-state index < -0.39 is 34.5 Å². The van der Waals surface area contributed by atoms with Gasteiger partial charge >= 0.3 is 0 Å². The lowest BCUT2D eigenvalue weighted by molar-refractivity contribution is 0.465. The molecule has 0 N–H and O–H groups in total. The third-order valence-corrected chi connectivity index (χ3v) is 17.6. The largest absolute Gasteiger partial charge is 0.262 e. The van der Waals surface area contributed by atoms with Gasteiger partial charge in [-0.25, -0.2) is 66.8 Å². The summed E-state index contributed by atoms with van der Waals surface area (Å²) in [5.74, 6) is -6.83. The van der Waals surface area contributed by atoms with Gasteiger partial charge in [-0.1, -0.05) is 158 Å². The number of nitrogens with zero attached hydrogens (tertiary/aromatic N) is 13. The van der Waals surface area contributed by atoms with Gasteiger partial charge in [-0.3, -0.25) is 0 Å². The van der Waals surface area contributed by atoms with Gasteiger partial charge in [0.2, 0.25) is 0 Å². The van der Waals surface area contributed by atoms with Gasteiger partial charge in [-0.05, 0) is 107 Å². The Kier molecular flexibility index (Phi) is 16.1. The number of hydrogen-bond donors (Lipinski definition) is 0. The van der Waals surface area contributed by atoms with Gasteiger partial charge in [0.05, 0.1) is 128 Å². The Morgan fingerprint density at radius 3 is 1.03 bits per heavy atom. The Bertz CT molecular complexity index is 6470. The highest BCUT2D eigenvalue weighted by Crippen LogP contribution is 2.44. The molecular formula is C85H39F4N13. The molecule has 0 amide bonds. The van der Waals surface area contributed by atoms with Crippen LogP contribution in [0.1, 0.15) is 16.7 Å². The van der Waals surface area contributed by atoms with Gasteiger partial charge in [-0.15, -0.1) is 0 Å². The fourth-order valence-corrected chi connectivity index (χ4v) is 12.6. The standard InChI is InChI=1S/C43H21N7.C42H18F4N6/c1-46-33-17-15-31(16-18-33)41-42(30-9-7-26(24-44)8-10-30)50-43-38(49-41)20-19-36-39(43)35-5-3-4-6-37(35)48-40(36)29-13-11-28(12-14-29)32-21-27(25-45)22-34(23-32)47-2;1-48-27-17-15-26(16-18-27)39-40(25-9-7-22(21-47)8-10-25)52-41-31(51-39)20-19-29-33(41)28-5-3-4-6-30(28)50-38(29)24-13-11-23(12-14-24)32-34(43)36(45)42(49-2)37(46)35(32)44/h3-23H;3-20H. The van der Waals surface area contributed by atoms with Crippen LogP contribution in [0.5, 0.6) is 0 Å². The van der Waals surface area contributed by atoms with Crippen LogP contribution in [0.25, 0.3) is 175 Å². The maximum absolute atomic E-state index is 14.9. The summed E-state index contributed by atoms with van der Waals surface area (Å²) in [5.41, 5.74) is 14.6. The van der Waals surface area contributed by atoms with E-state index in [1.165, 1.54) is 12.1 Å². The highest BCUT2D eigenvalue weighted by Gasteiger charge is 2.28. The summed E-state index contributed by atoms with van der Waals surface area (Å²) < 4.78 is 58.8. The zero-order valence-corrected chi connectivity index (χ0v) is 52.8. The number of hydrogen-bond acceptors (Lipinski definition) is 9. The third-order valence-electron chi connectivity index (χ3n) is 17.6. The van der Waals surface area contributed by atoms with Gasteiger partial charge in [0, 0.05) is 60.1 Å². The number of pyridine rings is 2. The maximum Gasteiger partial charge on any atom is 0.262 e. The lowest BCUT2D eigenvalue weighted by Crippen LogP contribution is -2.00. The number of aromatic nitrogens is 6. The van der Waals surface area contributed by atoms with Crippen LogP contribution < -0.4 is 0 Å². The average molecular weight is 1320 g/mol. The van der Waals surface area contributed by atoms with Crippen molar-refractivity contribution in [1.29, 1.82) is 15.8 Å². The Hall–Kier alpha value is -15.2. The molecule has 12 aromatic carbocycles. The second-order valence-corrected chi connectivity index (χ2v) is 23.4. The smallest absolute Gasteiger partial charge is 0.247 e. The number of benzene rings is 12. The summed E-state index contributed by atoms with van der Waals surface area (Å²) in [4.78, 5) is 44.1. The molecule has 0 aliphatic heterocycles. The van der Waals surface area contributed by atoms with Crippen LogP contribution in [-0.2, 0) is 0 Å². The van der Waals surface area contributed by atoms with Crippen molar-refractivity contribution in [3.63, 3.8) is 0 Å². The first-order valence-corrected chi connectivity index (χ1v) is 31.3. The van der Waals surface area contributed by atoms with Crippen LogP contribution in [0.4, 0.5) is 40.3 Å². The molecular weight excluding hydrogens is 1280 g/mol. The Balaban J connectivity index is 0.000000165. The SMILES string of the molecule is [C-]#[N+]c1ccc(-c2nc3ccc4c(-c5ccc(-c6c(F)c(F)c([N+]#[C-])c(F)c6F)cc5)nc5ccccc5c4c3nc2-c2ccc(C#N)cc2)cc1.[C-]#[N+]c1ccc(-c2nc3ccc4c(-c5ccc(-c6cc(C#N)cc([N+]#[C-])c6)cc5)nc5ccccc5c4c3nc2-c2ccc(C#N)cc2)cc1. The van der Waals surface area contributed by atoms with Crippen molar-refractivity contribution in [2.45, 2.75) is 0 Å². The van der Waals surface area contributed by atoms with Crippen molar-refractivity contribution >= 4 is 88.2 Å². The topological polar surface area (TPSA) is 166 Å². The van der Waals surface area contributed by atoms with E-state index in [0.717, 1.165) is 82.6 Å². The molecule has 0 fully saturated rings. The molecule has 17 heteroatoms. The van der Waals surface area contributed by atoms with Crippen LogP contribution in [-0.4, -0.2) is 29.9 Å². The monoisotopic (exact) mass is 1320 g/mol. The normalized spacial score (nSPS) is 10.9. The molecule has 13 nitrogen and oxygen atoms in total. The Morgan fingerprint density at radius 1 is 0.275 bits per heavy atom. The second kappa shape index (κ2) is 26.1. The molecule has 16 aromatic rings. The van der Waals surface area contributed by atoms with E-state index in [2.05, 4.69) is 37.6 Å². The summed E-state index contributed by atoms with van der Waals surface area (Å²) in [6.07, 6.45) is 0. The number of para-hydroxylation sites is 2. The highest BCUT2D eigenvalue weighted by molar-refractivity contribution is 6.22. The summed E-state index contributed by atoms with van der Waals surface area (Å²) in [5, 5.41) is 33.4. The van der Waals surface area contributed by atoms with Crippen molar-refractivity contribution in [3.05, 3.63) is 322 Å². The van der Waals surface area contributed by atoms with E-state index in [1.54, 1.807) is 78.9 Å². The van der Waals surface area contributed by atoms with E-state index in [4.69, 9.17) is 56.2 Å². The summed E-state index contributed by atoms with van der Waals surface area (Å²) >= 11 is 0. The molecule has 0 radical (unpaired) electrons. The first-order chi connectivity index (χ1) is 49.9. The molecule has 0 atom stereocenters. The Morgan fingerprint density at radius 2 is 0.627 bits per heavy atom. The molecule has 102 heavy (non-hydrogen) atoms. The molecule has 0 aliphatic carbocycles. The average Bonchev–Trinajstić information content (AvgIpc) is 0.729. The van der Waals surface area contributed by atoms with Crippen LogP contribution in [0.2, 0.25) is 0 Å². The fourth-order valence-electron chi connectivity index (χ4n) is 12.6. The lowest BCUT2D eigenvalue weighted by Gasteiger charge is -2.15. The van der Waals surface area contributed by atoms with Gasteiger partial charge < -0.3 is 0 Å². The molecule has 4 heterocycles. The predicted octanol–water partition coefficient (Wildman–Crippen LogP) is 22.4. The van der Waals surface area contributed by atoms with E-state index in [0.29, 0.717) is 95.2 Å². The van der Waals surface area contributed by atoms with Crippen molar-refractivity contribution < 1.29 is 17.6 Å². The van der Waals surface area contributed by atoms with Gasteiger partial charge in [0.25, 0.3) is 5.69 Å². The first kappa shape index (κ1) is 62.9. The van der Waals surface area contributed by atoms with Crippen LogP contribution in [0, 0.1) is 83.6 Å². The molecule has 16 rings (SSSR count). The highest BCUT2D eigenvalue weighted by atomic mass is 19.2. The summed E-state index contributed by atoms with van der Waals surface area (Å²) in [6.45, 7) is 29.1. The number of halogens is 4. The van der Waals surface area contributed by atoms with E-state index >= 15 is 0 Å².